The summed E-state index contributed by atoms with van der Waals surface area (Å²) in [4.78, 5) is 38.3. The van der Waals surface area contributed by atoms with Gasteiger partial charge in [-0.2, -0.15) is 0 Å². The third-order valence-corrected chi connectivity index (χ3v) is 14.3. The maximum atomic E-state index is 12.9. The summed E-state index contributed by atoms with van der Waals surface area (Å²) in [5.41, 5.74) is 0. The van der Waals surface area contributed by atoms with E-state index in [0.29, 0.717) is 19.3 Å². The second-order valence-corrected chi connectivity index (χ2v) is 21.6. The summed E-state index contributed by atoms with van der Waals surface area (Å²) >= 11 is 0. The monoisotopic (exact) mass is 1030 g/mol. The van der Waals surface area contributed by atoms with Crippen LogP contribution in [0.1, 0.15) is 335 Å². The van der Waals surface area contributed by atoms with Gasteiger partial charge in [-0.1, -0.05) is 293 Å². The maximum absolute atomic E-state index is 12.9. The van der Waals surface area contributed by atoms with Crippen LogP contribution in [0.5, 0.6) is 0 Å². The SMILES string of the molecule is CC/C=C\C/C=C\C/C=C\C/C=C\CCCCCCCCCCC(=O)OCC(COC(=O)CCCCCCC/C=C\CCCCCCC)OC(=O)CCCCCCCCCCCCCCCCCCCCCCC. The molecule has 0 rings (SSSR count). The Morgan fingerprint density at radius 3 is 0.838 bits per heavy atom. The highest BCUT2D eigenvalue weighted by Gasteiger charge is 2.19. The first kappa shape index (κ1) is 71.1. The zero-order chi connectivity index (χ0) is 53.6. The molecule has 0 bridgehead atoms. The number of esters is 3. The molecule has 0 fully saturated rings. The van der Waals surface area contributed by atoms with Crippen LogP contribution in [0, 0.1) is 0 Å². The largest absolute Gasteiger partial charge is 0.462 e. The lowest BCUT2D eigenvalue weighted by Gasteiger charge is -2.18. The topological polar surface area (TPSA) is 78.9 Å². The summed E-state index contributed by atoms with van der Waals surface area (Å²) in [7, 11) is 0. The fraction of sp³-hybridized carbons (Fsp3) is 0.809. The molecule has 6 nitrogen and oxygen atoms in total. The average molecular weight is 1040 g/mol. The molecule has 0 saturated heterocycles. The third kappa shape index (κ3) is 60.0. The lowest BCUT2D eigenvalue weighted by molar-refractivity contribution is -0.167. The lowest BCUT2D eigenvalue weighted by Crippen LogP contribution is -2.30. The minimum Gasteiger partial charge on any atom is -0.462 e. The summed E-state index contributed by atoms with van der Waals surface area (Å²) < 4.78 is 16.9. The van der Waals surface area contributed by atoms with E-state index in [1.54, 1.807) is 0 Å². The molecule has 0 N–H and O–H groups in total. The Bertz CT molecular complexity index is 1330. The van der Waals surface area contributed by atoms with Gasteiger partial charge in [0.15, 0.2) is 6.10 Å². The summed E-state index contributed by atoms with van der Waals surface area (Å²) in [5, 5.41) is 0. The molecule has 0 saturated carbocycles. The zero-order valence-electron chi connectivity index (χ0n) is 49.4. The molecule has 0 aromatic carbocycles. The highest BCUT2D eigenvalue weighted by molar-refractivity contribution is 5.71. The number of rotatable bonds is 59. The van der Waals surface area contributed by atoms with E-state index < -0.39 is 6.10 Å². The van der Waals surface area contributed by atoms with Crippen molar-refractivity contribution in [2.24, 2.45) is 0 Å². The fourth-order valence-electron chi connectivity index (χ4n) is 9.43. The Hall–Kier alpha value is -2.89. The van der Waals surface area contributed by atoms with Crippen molar-refractivity contribution in [3.05, 3.63) is 60.8 Å². The van der Waals surface area contributed by atoms with Crippen molar-refractivity contribution in [1.82, 2.24) is 0 Å². The van der Waals surface area contributed by atoms with Crippen LogP contribution in [0.3, 0.4) is 0 Å². The maximum Gasteiger partial charge on any atom is 0.306 e. The van der Waals surface area contributed by atoms with Gasteiger partial charge in [0.25, 0.3) is 0 Å². The normalized spacial score (nSPS) is 12.4. The number of unbranched alkanes of at least 4 members (excludes halogenated alkanes) is 38. The highest BCUT2D eigenvalue weighted by Crippen LogP contribution is 2.17. The Kier molecular flexibility index (Phi) is 60.2. The number of carbonyl (C=O) groups excluding carboxylic acids is 3. The Labute approximate surface area is 460 Å². The van der Waals surface area contributed by atoms with Crippen LogP contribution >= 0.6 is 0 Å². The van der Waals surface area contributed by atoms with E-state index >= 15 is 0 Å². The molecule has 1 unspecified atom stereocenters. The van der Waals surface area contributed by atoms with E-state index in [9.17, 15) is 14.4 Å². The number of carbonyl (C=O) groups is 3. The minimum atomic E-state index is -0.780. The predicted octanol–water partition coefficient (Wildman–Crippen LogP) is 21.9. The van der Waals surface area contributed by atoms with Gasteiger partial charge in [-0.15, -0.1) is 0 Å². The van der Waals surface area contributed by atoms with Crippen molar-refractivity contribution in [2.45, 2.75) is 341 Å². The molecule has 0 aromatic heterocycles. The van der Waals surface area contributed by atoms with Gasteiger partial charge >= 0.3 is 17.9 Å². The average Bonchev–Trinajstić information content (AvgIpc) is 3.40. The fourth-order valence-corrected chi connectivity index (χ4v) is 9.43. The molecule has 0 aliphatic heterocycles. The van der Waals surface area contributed by atoms with Crippen LogP contribution in [0.15, 0.2) is 60.8 Å². The standard InChI is InChI=1S/C68H122O6/c1-4-7-10-13-16-19-22-25-28-30-32-34-36-38-40-43-46-49-52-55-58-61-67(70)73-64-65(63-72-66(69)60-57-54-51-48-45-42-27-24-21-18-15-12-9-6-3)74-68(71)62-59-56-53-50-47-44-41-39-37-35-33-31-29-26-23-20-17-14-11-8-5-2/h7,10,16,19,24-25,27-28,32,34,65H,4-6,8-9,11-15,17-18,20-23,26,29-31,33,35-64H2,1-3H3/b10-7-,19-16-,27-24-,28-25-,34-32-. The molecule has 430 valence electrons. The second-order valence-electron chi connectivity index (χ2n) is 21.6. The van der Waals surface area contributed by atoms with Gasteiger partial charge in [0, 0.05) is 19.3 Å². The quantitative estimate of drug-likeness (QED) is 0.0261. The Morgan fingerprint density at radius 2 is 0.527 bits per heavy atom. The van der Waals surface area contributed by atoms with Gasteiger partial charge in [-0.3, -0.25) is 14.4 Å². The number of ether oxygens (including phenoxy) is 3. The molecule has 0 amide bonds. The Morgan fingerprint density at radius 1 is 0.284 bits per heavy atom. The molecule has 0 aliphatic rings. The molecule has 0 radical (unpaired) electrons. The van der Waals surface area contributed by atoms with Crippen LogP contribution in [0.4, 0.5) is 0 Å². The molecule has 0 aliphatic carbocycles. The van der Waals surface area contributed by atoms with E-state index in [1.165, 1.54) is 199 Å². The number of allylic oxidation sites excluding steroid dienone is 10. The van der Waals surface area contributed by atoms with Gasteiger partial charge in [0.05, 0.1) is 0 Å². The van der Waals surface area contributed by atoms with E-state index in [0.717, 1.165) is 96.3 Å². The first-order valence-electron chi connectivity index (χ1n) is 32.3. The molecule has 0 heterocycles. The summed E-state index contributed by atoms with van der Waals surface area (Å²) in [5.74, 6) is -0.874. The predicted molar refractivity (Wildman–Crippen MR) is 321 cm³/mol. The van der Waals surface area contributed by atoms with Gasteiger partial charge < -0.3 is 14.2 Å². The van der Waals surface area contributed by atoms with E-state index in [1.807, 2.05) is 0 Å². The van der Waals surface area contributed by atoms with Crippen molar-refractivity contribution in [3.8, 4) is 0 Å². The number of hydrogen-bond acceptors (Lipinski definition) is 6. The van der Waals surface area contributed by atoms with E-state index in [-0.39, 0.29) is 31.1 Å². The number of hydrogen-bond donors (Lipinski definition) is 0. The molecule has 1 atom stereocenters. The van der Waals surface area contributed by atoms with Crippen LogP contribution < -0.4 is 0 Å². The minimum absolute atomic E-state index is 0.0778. The first-order chi connectivity index (χ1) is 36.5. The Balaban J connectivity index is 4.33. The molecule has 0 aromatic rings. The van der Waals surface area contributed by atoms with Gasteiger partial charge in [-0.25, -0.2) is 0 Å². The van der Waals surface area contributed by atoms with E-state index in [2.05, 4.69) is 81.5 Å². The van der Waals surface area contributed by atoms with Gasteiger partial charge in [-0.05, 0) is 83.5 Å². The van der Waals surface area contributed by atoms with Crippen molar-refractivity contribution in [2.75, 3.05) is 13.2 Å². The van der Waals surface area contributed by atoms with E-state index in [4.69, 9.17) is 14.2 Å². The summed E-state index contributed by atoms with van der Waals surface area (Å²) in [6, 6.07) is 0. The van der Waals surface area contributed by atoms with Crippen LogP contribution in [-0.2, 0) is 28.6 Å². The van der Waals surface area contributed by atoms with Crippen LogP contribution in [0.25, 0.3) is 0 Å². The molecule has 74 heavy (non-hydrogen) atoms. The lowest BCUT2D eigenvalue weighted by atomic mass is 10.0. The summed E-state index contributed by atoms with van der Waals surface area (Å²) in [6.45, 7) is 6.56. The van der Waals surface area contributed by atoms with Gasteiger partial charge in [0.1, 0.15) is 13.2 Å². The van der Waals surface area contributed by atoms with Crippen LogP contribution in [0.2, 0.25) is 0 Å². The molecular weight excluding hydrogens is 913 g/mol. The van der Waals surface area contributed by atoms with Crippen molar-refractivity contribution in [1.29, 1.82) is 0 Å². The zero-order valence-corrected chi connectivity index (χ0v) is 49.4. The third-order valence-electron chi connectivity index (χ3n) is 14.3. The van der Waals surface area contributed by atoms with Crippen molar-refractivity contribution >= 4 is 17.9 Å². The first-order valence-corrected chi connectivity index (χ1v) is 32.3. The molecular formula is C68H122O6. The molecule has 0 spiro atoms. The highest BCUT2D eigenvalue weighted by atomic mass is 16.6. The molecule has 6 heteroatoms. The summed E-state index contributed by atoms with van der Waals surface area (Å²) in [6.07, 6.45) is 79.4. The van der Waals surface area contributed by atoms with Gasteiger partial charge in [0.2, 0.25) is 0 Å². The second kappa shape index (κ2) is 62.6. The smallest absolute Gasteiger partial charge is 0.306 e. The van der Waals surface area contributed by atoms with Crippen molar-refractivity contribution < 1.29 is 28.6 Å². The van der Waals surface area contributed by atoms with Crippen LogP contribution in [-0.4, -0.2) is 37.2 Å². The van der Waals surface area contributed by atoms with Crippen molar-refractivity contribution in [3.63, 3.8) is 0 Å².